The van der Waals surface area contributed by atoms with Gasteiger partial charge in [-0.05, 0) is 42.5 Å². The highest BCUT2D eigenvalue weighted by Crippen LogP contribution is 2.18. The summed E-state index contributed by atoms with van der Waals surface area (Å²) < 4.78 is 0. The molecule has 0 fully saturated rings. The lowest BCUT2D eigenvalue weighted by atomic mass is 10.2. The molecule has 0 aliphatic carbocycles. The summed E-state index contributed by atoms with van der Waals surface area (Å²) in [4.78, 5) is 4.30. The van der Waals surface area contributed by atoms with Gasteiger partial charge in [-0.1, -0.05) is 11.6 Å². The van der Waals surface area contributed by atoms with Gasteiger partial charge in [-0.25, -0.2) is 0 Å². The minimum absolute atomic E-state index is 0.650. The zero-order valence-electron chi connectivity index (χ0n) is 9.10. The molecule has 0 saturated carbocycles. The summed E-state index contributed by atoms with van der Waals surface area (Å²) in [6.45, 7) is 0. The van der Waals surface area contributed by atoms with Crippen molar-refractivity contribution >= 4 is 34.9 Å². The van der Waals surface area contributed by atoms with E-state index >= 15 is 0 Å². The number of nitrogens with two attached hydrogens (primary N) is 2. The predicted octanol–water partition coefficient (Wildman–Crippen LogP) is 3.26. The van der Waals surface area contributed by atoms with Crippen molar-refractivity contribution in [2.75, 3.05) is 11.5 Å². The Hall–Kier alpha value is -2.00. The molecule has 0 unspecified atom stereocenters. The van der Waals surface area contributed by atoms with Gasteiger partial charge < -0.3 is 11.5 Å². The smallest absolute Gasteiger partial charge is 0.0630 e. The van der Waals surface area contributed by atoms with Crippen LogP contribution in [0, 0.1) is 0 Å². The number of hydrogen-bond donors (Lipinski definition) is 2. The highest BCUT2D eigenvalue weighted by atomic mass is 35.5. The number of nitrogen functional groups attached to an aromatic ring is 2. The second kappa shape index (κ2) is 4.89. The van der Waals surface area contributed by atoms with Gasteiger partial charge in [0.15, 0.2) is 0 Å². The van der Waals surface area contributed by atoms with E-state index in [1.165, 1.54) is 0 Å². The molecule has 0 aliphatic heterocycles. The molecule has 3 nitrogen and oxygen atoms in total. The largest absolute Gasteiger partial charge is 0.399 e. The molecule has 2 rings (SSSR count). The average Bonchev–Trinajstić information content (AvgIpc) is 2.32. The Bertz CT molecular complexity index is 547. The van der Waals surface area contributed by atoms with Gasteiger partial charge in [0, 0.05) is 28.2 Å². The van der Waals surface area contributed by atoms with Crippen LogP contribution in [0.5, 0.6) is 0 Å². The maximum Gasteiger partial charge on any atom is 0.0630 e. The van der Waals surface area contributed by atoms with Crippen molar-refractivity contribution in [3.8, 4) is 0 Å². The van der Waals surface area contributed by atoms with E-state index in [-0.39, 0.29) is 0 Å². The molecule has 0 spiro atoms. The number of anilines is 2. The molecule has 0 aromatic heterocycles. The number of halogens is 1. The fraction of sp³-hybridized carbons (Fsp3) is 0. The van der Waals surface area contributed by atoms with E-state index in [1.807, 2.05) is 12.1 Å². The van der Waals surface area contributed by atoms with Crippen LogP contribution in [0.2, 0.25) is 5.02 Å². The van der Waals surface area contributed by atoms with Crippen LogP contribution in [0.3, 0.4) is 0 Å². The minimum atomic E-state index is 0.650. The molecular formula is C13H12ClN3. The molecule has 0 saturated heterocycles. The van der Waals surface area contributed by atoms with Crippen LogP contribution >= 0.6 is 11.6 Å². The number of nitrogens with zero attached hydrogens (tertiary/aromatic N) is 1. The molecule has 4 heteroatoms. The van der Waals surface area contributed by atoms with Crippen LogP contribution in [0.15, 0.2) is 47.5 Å². The topological polar surface area (TPSA) is 64.4 Å². The first-order valence-corrected chi connectivity index (χ1v) is 5.47. The van der Waals surface area contributed by atoms with Crippen molar-refractivity contribution in [1.82, 2.24) is 0 Å². The molecule has 0 aliphatic rings. The summed E-state index contributed by atoms with van der Waals surface area (Å²) in [6, 6.07) is 12.6. The van der Waals surface area contributed by atoms with E-state index in [0.29, 0.717) is 16.4 Å². The van der Waals surface area contributed by atoms with Crippen molar-refractivity contribution in [1.29, 1.82) is 0 Å². The van der Waals surface area contributed by atoms with E-state index < -0.39 is 0 Å². The van der Waals surface area contributed by atoms with Crippen molar-refractivity contribution in [2.24, 2.45) is 4.99 Å². The highest BCUT2D eigenvalue weighted by molar-refractivity contribution is 6.30. The molecule has 2 aromatic carbocycles. The predicted molar refractivity (Wildman–Crippen MR) is 74.0 cm³/mol. The maximum absolute atomic E-state index is 5.81. The first-order valence-electron chi connectivity index (χ1n) is 5.10. The molecule has 0 bridgehead atoms. The third kappa shape index (κ3) is 2.98. The molecule has 4 N–H and O–H groups in total. The fourth-order valence-corrected chi connectivity index (χ4v) is 1.50. The van der Waals surface area contributed by atoms with E-state index in [0.717, 1.165) is 11.3 Å². The molecule has 0 radical (unpaired) electrons. The van der Waals surface area contributed by atoms with Crippen molar-refractivity contribution in [2.45, 2.75) is 0 Å². The Morgan fingerprint density at radius 3 is 2.41 bits per heavy atom. The molecular weight excluding hydrogens is 234 g/mol. The molecule has 0 heterocycles. The van der Waals surface area contributed by atoms with E-state index in [9.17, 15) is 0 Å². The molecule has 17 heavy (non-hydrogen) atoms. The van der Waals surface area contributed by atoms with Crippen LogP contribution in [0.25, 0.3) is 0 Å². The van der Waals surface area contributed by atoms with Gasteiger partial charge in [0.1, 0.15) is 0 Å². The minimum Gasteiger partial charge on any atom is -0.399 e. The number of aliphatic imine (C=N–C) groups is 1. The van der Waals surface area contributed by atoms with Crippen molar-refractivity contribution in [3.05, 3.63) is 53.1 Å². The van der Waals surface area contributed by atoms with Crippen LogP contribution in [0.1, 0.15) is 5.56 Å². The monoisotopic (exact) mass is 245 g/mol. The zero-order chi connectivity index (χ0) is 12.3. The Balaban J connectivity index is 2.25. The van der Waals surface area contributed by atoms with Gasteiger partial charge in [0.05, 0.1) is 5.69 Å². The standard InChI is InChI=1S/C13H12ClN3/c14-10-1-4-12(5-2-10)17-8-9-7-11(15)3-6-13(9)16/h1-8H,15-16H2. The molecule has 0 amide bonds. The van der Waals surface area contributed by atoms with Gasteiger partial charge >= 0.3 is 0 Å². The van der Waals surface area contributed by atoms with Gasteiger partial charge in [-0.15, -0.1) is 0 Å². The van der Waals surface area contributed by atoms with E-state index in [1.54, 1.807) is 36.5 Å². The lowest BCUT2D eigenvalue weighted by Gasteiger charge is -2.01. The lowest BCUT2D eigenvalue weighted by Crippen LogP contribution is -1.95. The second-order valence-electron chi connectivity index (χ2n) is 3.62. The Labute approximate surface area is 105 Å². The summed E-state index contributed by atoms with van der Waals surface area (Å²) in [7, 11) is 0. The normalized spacial score (nSPS) is 10.9. The van der Waals surface area contributed by atoms with Gasteiger partial charge in [-0.2, -0.15) is 0 Å². The zero-order valence-corrected chi connectivity index (χ0v) is 9.85. The lowest BCUT2D eigenvalue weighted by molar-refractivity contribution is 1.52. The average molecular weight is 246 g/mol. The van der Waals surface area contributed by atoms with Crippen LogP contribution in [0.4, 0.5) is 17.1 Å². The first kappa shape index (κ1) is 11.5. The molecule has 86 valence electrons. The van der Waals surface area contributed by atoms with Crippen LogP contribution in [-0.4, -0.2) is 6.21 Å². The van der Waals surface area contributed by atoms with Gasteiger partial charge in [-0.3, -0.25) is 4.99 Å². The van der Waals surface area contributed by atoms with Crippen molar-refractivity contribution in [3.63, 3.8) is 0 Å². The summed E-state index contributed by atoms with van der Waals surface area (Å²) >= 11 is 5.79. The van der Waals surface area contributed by atoms with E-state index in [2.05, 4.69) is 4.99 Å². The SMILES string of the molecule is Nc1ccc(N)c(C=Nc2ccc(Cl)cc2)c1. The summed E-state index contributed by atoms with van der Waals surface area (Å²) in [5.41, 5.74) is 14.4. The number of benzene rings is 2. The first-order chi connectivity index (χ1) is 8.15. The van der Waals surface area contributed by atoms with E-state index in [4.69, 9.17) is 23.1 Å². The summed E-state index contributed by atoms with van der Waals surface area (Å²) in [5.74, 6) is 0. The third-order valence-electron chi connectivity index (χ3n) is 2.29. The summed E-state index contributed by atoms with van der Waals surface area (Å²) in [6.07, 6.45) is 1.69. The van der Waals surface area contributed by atoms with Crippen LogP contribution in [-0.2, 0) is 0 Å². The number of rotatable bonds is 2. The maximum atomic E-state index is 5.81. The molecule has 2 aromatic rings. The third-order valence-corrected chi connectivity index (χ3v) is 2.54. The number of hydrogen-bond acceptors (Lipinski definition) is 3. The van der Waals surface area contributed by atoms with Crippen LogP contribution < -0.4 is 11.5 Å². The van der Waals surface area contributed by atoms with Crippen molar-refractivity contribution < 1.29 is 0 Å². The quantitative estimate of drug-likeness (QED) is 0.630. The van der Waals surface area contributed by atoms with Gasteiger partial charge in [0.2, 0.25) is 0 Å². The molecule has 0 atom stereocenters. The Kier molecular flexibility index (Phi) is 3.30. The fourth-order valence-electron chi connectivity index (χ4n) is 1.38. The summed E-state index contributed by atoms with van der Waals surface area (Å²) in [5, 5.41) is 0.687. The van der Waals surface area contributed by atoms with Gasteiger partial charge in [0.25, 0.3) is 0 Å². The Morgan fingerprint density at radius 2 is 1.71 bits per heavy atom. The highest BCUT2D eigenvalue weighted by Gasteiger charge is 1.96. The Morgan fingerprint density at radius 1 is 1.00 bits per heavy atom. The second-order valence-corrected chi connectivity index (χ2v) is 4.06.